The molecule has 13 nitrogen and oxygen atoms in total. The predicted octanol–water partition coefficient (Wildman–Crippen LogP) is -12.0. The maximum atomic E-state index is 10.6. The molecular weight excluding hydrogens is 445 g/mol. The van der Waals surface area contributed by atoms with Crippen LogP contribution < -0.4 is 88.7 Å². The molecule has 1 aliphatic heterocycles. The van der Waals surface area contributed by atoms with Gasteiger partial charge in [0.2, 0.25) is 31.2 Å². The van der Waals surface area contributed by atoms with Gasteiger partial charge in [-0.05, 0) is 0 Å². The van der Waals surface area contributed by atoms with E-state index in [0.717, 1.165) is 0 Å². The molecule has 0 aromatic carbocycles. The van der Waals surface area contributed by atoms with Crippen molar-refractivity contribution in [3.63, 3.8) is 0 Å². The van der Waals surface area contributed by atoms with Crippen molar-refractivity contribution in [1.82, 2.24) is 0 Å². The van der Waals surface area contributed by atoms with Crippen molar-refractivity contribution in [2.75, 3.05) is 13.2 Å². The Bertz CT molecular complexity index is 689. The first-order chi connectivity index (χ1) is 9.75. The minimum atomic E-state index is -5.28. The van der Waals surface area contributed by atoms with E-state index >= 15 is 0 Å². The molecule has 0 aromatic heterocycles. The molecule has 0 bridgehead atoms. The fourth-order valence-corrected chi connectivity index (χ4v) is 2.89. The van der Waals surface area contributed by atoms with Crippen LogP contribution in [-0.2, 0) is 48.5 Å². The van der Waals surface area contributed by atoms with Gasteiger partial charge in [0.05, 0.1) is 19.3 Å². The summed E-state index contributed by atoms with van der Waals surface area (Å²) in [7, 11) is -15.6. The summed E-state index contributed by atoms with van der Waals surface area (Å²) in [6.45, 7) is -1.56. The average molecular weight is 454 g/mol. The van der Waals surface area contributed by atoms with Gasteiger partial charge < -0.3 is 18.4 Å². The molecule has 0 aromatic rings. The Balaban J connectivity index is -0.00000161. The summed E-state index contributed by atoms with van der Waals surface area (Å²) < 4.78 is 111. The van der Waals surface area contributed by atoms with Crippen LogP contribution in [0.25, 0.3) is 0 Å². The summed E-state index contributed by atoms with van der Waals surface area (Å²) in [6.07, 6.45) is -5.30. The van der Waals surface area contributed by atoms with Gasteiger partial charge in [-0.2, -0.15) is 0 Å². The fraction of sp³-hybridized carbons (Fsp3) is 1.00. The molecule has 0 spiro atoms. The third-order valence-corrected chi connectivity index (χ3v) is 3.68. The van der Waals surface area contributed by atoms with Gasteiger partial charge in [0, 0.05) is 6.42 Å². The Hall–Kier alpha value is 2.57. The summed E-state index contributed by atoms with van der Waals surface area (Å²) in [5.41, 5.74) is 0. The molecular formula is C6H9Na3O13S3. The molecule has 25 heavy (non-hydrogen) atoms. The molecule has 132 valence electrons. The Labute approximate surface area is 211 Å². The van der Waals surface area contributed by atoms with Crippen molar-refractivity contribution < 1.29 is 145 Å². The van der Waals surface area contributed by atoms with Crippen LogP contribution in [0.4, 0.5) is 0 Å². The molecule has 0 radical (unpaired) electrons. The second kappa shape index (κ2) is 13.0. The van der Waals surface area contributed by atoms with E-state index in [-0.39, 0.29) is 88.7 Å². The summed E-state index contributed by atoms with van der Waals surface area (Å²) in [5, 5.41) is 0. The molecule has 0 saturated carbocycles. The zero-order chi connectivity index (χ0) is 17.2. The second-order valence-electron chi connectivity index (χ2n) is 3.97. The maximum Gasteiger partial charge on any atom is 1.00 e. The van der Waals surface area contributed by atoms with Gasteiger partial charge in [0.25, 0.3) is 0 Å². The number of hydrogen-bond acceptors (Lipinski definition) is 13. The second-order valence-corrected chi connectivity index (χ2v) is 7.04. The van der Waals surface area contributed by atoms with Gasteiger partial charge in [0.1, 0.15) is 12.2 Å². The summed E-state index contributed by atoms with van der Waals surface area (Å²) in [4.78, 5) is 0. The van der Waals surface area contributed by atoms with Gasteiger partial charge in [-0.1, -0.05) is 0 Å². The molecule has 1 fully saturated rings. The molecule has 19 heteroatoms. The van der Waals surface area contributed by atoms with Gasteiger partial charge in [-0.3, -0.25) is 12.5 Å². The molecule has 0 amide bonds. The third-order valence-electron chi connectivity index (χ3n) is 2.29. The maximum absolute atomic E-state index is 10.6. The average Bonchev–Trinajstić information content (AvgIpc) is 2.24. The van der Waals surface area contributed by atoms with E-state index in [4.69, 9.17) is 4.74 Å². The van der Waals surface area contributed by atoms with E-state index in [0.29, 0.717) is 0 Å². The first kappa shape index (κ1) is 32.2. The zero-order valence-electron chi connectivity index (χ0n) is 13.4. The van der Waals surface area contributed by atoms with E-state index in [9.17, 15) is 38.9 Å². The normalized spacial score (nSPS) is 24.4. The smallest absolute Gasteiger partial charge is 0.726 e. The SMILES string of the molecule is O=S(=O)([O-])OCC1CC(OS(=O)(=O)[O-])C(OS(=O)(=O)[O-])CO1.[Na+].[Na+].[Na+]. The van der Waals surface area contributed by atoms with Gasteiger partial charge >= 0.3 is 88.7 Å². The van der Waals surface area contributed by atoms with Crippen LogP contribution in [-0.4, -0.2) is 70.4 Å². The Morgan fingerprint density at radius 3 is 1.64 bits per heavy atom. The molecule has 3 atom stereocenters. The molecule has 0 N–H and O–H groups in total. The van der Waals surface area contributed by atoms with Gasteiger partial charge in [-0.25, -0.2) is 25.3 Å². The minimum Gasteiger partial charge on any atom is -0.726 e. The van der Waals surface area contributed by atoms with Crippen LogP contribution in [0.3, 0.4) is 0 Å². The summed E-state index contributed by atoms with van der Waals surface area (Å²) >= 11 is 0. The molecule has 1 heterocycles. The van der Waals surface area contributed by atoms with Crippen LogP contribution in [0.15, 0.2) is 0 Å². The van der Waals surface area contributed by atoms with E-state index in [1.54, 1.807) is 0 Å². The van der Waals surface area contributed by atoms with Crippen molar-refractivity contribution in [2.45, 2.75) is 24.7 Å². The predicted molar refractivity (Wildman–Crippen MR) is 59.1 cm³/mol. The van der Waals surface area contributed by atoms with Crippen molar-refractivity contribution in [3.8, 4) is 0 Å². The van der Waals surface area contributed by atoms with Crippen molar-refractivity contribution in [3.05, 3.63) is 0 Å². The fourth-order valence-electron chi connectivity index (χ4n) is 1.59. The largest absolute Gasteiger partial charge is 1.00 e. The molecule has 3 unspecified atom stereocenters. The van der Waals surface area contributed by atoms with E-state index in [1.165, 1.54) is 0 Å². The van der Waals surface area contributed by atoms with Crippen LogP contribution in [0.5, 0.6) is 0 Å². The van der Waals surface area contributed by atoms with Crippen molar-refractivity contribution >= 4 is 31.2 Å². The first-order valence-corrected chi connectivity index (χ1v) is 9.25. The standard InChI is InChI=1S/C6H12O13S3.3Na/c7-20(8,9)17-2-4-1-5(18-21(10,11)12)6(3-16-4)19-22(13,14)15;;;/h4-6H,1-3H2,(H,7,8,9)(H,10,11,12)(H,13,14,15);;;/q;3*+1/p-3. The number of rotatable bonds is 7. The quantitative estimate of drug-likeness (QED) is 0.199. The van der Waals surface area contributed by atoms with E-state index in [2.05, 4.69) is 12.5 Å². The zero-order valence-corrected chi connectivity index (χ0v) is 21.8. The Morgan fingerprint density at radius 2 is 1.24 bits per heavy atom. The van der Waals surface area contributed by atoms with E-state index < -0.39 is 69.1 Å². The molecule has 1 aliphatic rings. The van der Waals surface area contributed by atoms with Crippen LogP contribution >= 0.6 is 0 Å². The van der Waals surface area contributed by atoms with Gasteiger partial charge in [-0.15, -0.1) is 0 Å². The number of hydrogen-bond donors (Lipinski definition) is 0. The number of ether oxygens (including phenoxy) is 1. The van der Waals surface area contributed by atoms with E-state index in [1.807, 2.05) is 0 Å². The molecule has 1 rings (SSSR count). The molecule has 1 saturated heterocycles. The van der Waals surface area contributed by atoms with Crippen LogP contribution in [0.1, 0.15) is 6.42 Å². The molecule has 0 aliphatic carbocycles. The summed E-state index contributed by atoms with van der Waals surface area (Å²) in [6, 6.07) is 0. The third kappa shape index (κ3) is 16.1. The van der Waals surface area contributed by atoms with Crippen molar-refractivity contribution in [2.24, 2.45) is 0 Å². The Kier molecular flexibility index (Phi) is 16.8. The van der Waals surface area contributed by atoms with Crippen LogP contribution in [0, 0.1) is 0 Å². The monoisotopic (exact) mass is 454 g/mol. The van der Waals surface area contributed by atoms with Gasteiger partial charge in [0.15, 0.2) is 0 Å². The topological polar surface area (TPSA) is 209 Å². The first-order valence-electron chi connectivity index (χ1n) is 5.25. The summed E-state index contributed by atoms with van der Waals surface area (Å²) in [5.74, 6) is 0. The minimum absolute atomic E-state index is 0. The Morgan fingerprint density at radius 1 is 0.800 bits per heavy atom. The van der Waals surface area contributed by atoms with Crippen molar-refractivity contribution in [1.29, 1.82) is 0 Å². The van der Waals surface area contributed by atoms with Crippen LogP contribution in [0.2, 0.25) is 0 Å².